The van der Waals surface area contributed by atoms with Gasteiger partial charge in [0.15, 0.2) is 5.69 Å². The Hall–Kier alpha value is -1.88. The topological polar surface area (TPSA) is 70.7 Å². The van der Waals surface area contributed by atoms with E-state index in [1.54, 1.807) is 42.2 Å². The third kappa shape index (κ3) is 2.51. The molecule has 1 aromatic heterocycles. The average molecular weight is 352 g/mol. The van der Waals surface area contributed by atoms with Crippen molar-refractivity contribution >= 4 is 34.2 Å². The maximum Gasteiger partial charge on any atom is 0.277 e. The molecule has 0 aliphatic rings. The summed E-state index contributed by atoms with van der Waals surface area (Å²) in [4.78, 5) is 12.0. The second-order valence-electron chi connectivity index (χ2n) is 3.61. The highest BCUT2D eigenvalue weighted by Gasteiger charge is 2.15. The van der Waals surface area contributed by atoms with Gasteiger partial charge in [-0.3, -0.25) is 9.48 Å². The lowest BCUT2D eigenvalue weighted by atomic mass is 10.2. The van der Waals surface area contributed by atoms with Crippen LogP contribution in [0.5, 0.6) is 0 Å². The van der Waals surface area contributed by atoms with Crippen LogP contribution in [0, 0.1) is 14.9 Å². The van der Waals surface area contributed by atoms with Crippen LogP contribution >= 0.6 is 22.6 Å². The SMILES string of the molecule is Cn1cc(I)c(C(=O)Nc2ccccc2C#N)n1. The van der Waals surface area contributed by atoms with Crippen molar-refractivity contribution in [3.8, 4) is 6.07 Å². The molecule has 2 aromatic rings. The molecule has 90 valence electrons. The second-order valence-corrected chi connectivity index (χ2v) is 4.77. The Morgan fingerprint density at radius 1 is 1.50 bits per heavy atom. The number of para-hydroxylation sites is 1. The van der Waals surface area contributed by atoms with Crippen LogP contribution in [0.25, 0.3) is 0 Å². The predicted molar refractivity (Wildman–Crippen MR) is 75.0 cm³/mol. The third-order valence-electron chi connectivity index (χ3n) is 2.29. The molecule has 0 atom stereocenters. The number of nitrogens with zero attached hydrogens (tertiary/aromatic N) is 3. The van der Waals surface area contributed by atoms with E-state index < -0.39 is 0 Å². The molecule has 1 amide bonds. The number of nitrogens with one attached hydrogen (secondary N) is 1. The zero-order chi connectivity index (χ0) is 13.1. The van der Waals surface area contributed by atoms with Gasteiger partial charge in [-0.2, -0.15) is 10.4 Å². The van der Waals surface area contributed by atoms with Crippen molar-refractivity contribution in [2.45, 2.75) is 0 Å². The Bertz CT molecular complexity index is 642. The van der Waals surface area contributed by atoms with Crippen molar-refractivity contribution in [2.75, 3.05) is 5.32 Å². The summed E-state index contributed by atoms with van der Waals surface area (Å²) in [5.41, 5.74) is 1.27. The van der Waals surface area contributed by atoms with Crippen molar-refractivity contribution in [3.05, 3.63) is 45.3 Å². The number of halogens is 1. The molecule has 0 saturated heterocycles. The Morgan fingerprint density at radius 3 is 2.83 bits per heavy atom. The van der Waals surface area contributed by atoms with Crippen molar-refractivity contribution in [3.63, 3.8) is 0 Å². The lowest BCUT2D eigenvalue weighted by Crippen LogP contribution is -2.15. The Morgan fingerprint density at radius 2 is 2.22 bits per heavy atom. The van der Waals surface area contributed by atoms with Crippen LogP contribution in [0.4, 0.5) is 5.69 Å². The highest BCUT2D eigenvalue weighted by Crippen LogP contribution is 2.16. The molecule has 0 aliphatic carbocycles. The Balaban J connectivity index is 2.27. The van der Waals surface area contributed by atoms with Gasteiger partial charge in [0.1, 0.15) is 6.07 Å². The number of carbonyl (C=O) groups is 1. The molecule has 1 heterocycles. The average Bonchev–Trinajstić information content (AvgIpc) is 2.69. The minimum absolute atomic E-state index is 0.317. The Kier molecular flexibility index (Phi) is 3.62. The lowest BCUT2D eigenvalue weighted by molar-refractivity contribution is 0.102. The first-order valence-electron chi connectivity index (χ1n) is 5.11. The van der Waals surface area contributed by atoms with E-state index in [2.05, 4.69) is 10.4 Å². The third-order valence-corrected chi connectivity index (χ3v) is 3.08. The summed E-state index contributed by atoms with van der Waals surface area (Å²) in [6.45, 7) is 0. The molecular formula is C12H9IN4O. The number of anilines is 1. The Labute approximate surface area is 118 Å². The van der Waals surface area contributed by atoms with Crippen LogP contribution in [-0.2, 0) is 7.05 Å². The van der Waals surface area contributed by atoms with Gasteiger partial charge in [0.05, 0.1) is 14.8 Å². The van der Waals surface area contributed by atoms with Crippen LogP contribution in [0.15, 0.2) is 30.5 Å². The lowest BCUT2D eigenvalue weighted by Gasteiger charge is -2.04. The summed E-state index contributed by atoms with van der Waals surface area (Å²) in [6.07, 6.45) is 1.76. The van der Waals surface area contributed by atoms with E-state index in [0.29, 0.717) is 16.9 Å². The van der Waals surface area contributed by atoms with E-state index in [0.717, 1.165) is 3.57 Å². The summed E-state index contributed by atoms with van der Waals surface area (Å²) in [5, 5.41) is 15.7. The molecule has 6 heteroatoms. The van der Waals surface area contributed by atoms with Gasteiger partial charge in [-0.1, -0.05) is 12.1 Å². The molecule has 2 rings (SSSR count). The molecule has 18 heavy (non-hydrogen) atoms. The van der Waals surface area contributed by atoms with Gasteiger partial charge in [0, 0.05) is 13.2 Å². The number of nitriles is 1. The monoisotopic (exact) mass is 352 g/mol. The maximum absolute atomic E-state index is 12.0. The number of aryl methyl sites for hydroxylation is 1. The summed E-state index contributed by atoms with van der Waals surface area (Å²) in [7, 11) is 1.75. The maximum atomic E-state index is 12.0. The fourth-order valence-electron chi connectivity index (χ4n) is 1.48. The van der Waals surface area contributed by atoms with E-state index in [4.69, 9.17) is 5.26 Å². The van der Waals surface area contributed by atoms with Crippen LogP contribution in [-0.4, -0.2) is 15.7 Å². The van der Waals surface area contributed by atoms with Crippen molar-refractivity contribution in [1.29, 1.82) is 5.26 Å². The molecule has 1 aromatic carbocycles. The van der Waals surface area contributed by atoms with Gasteiger partial charge in [-0.25, -0.2) is 0 Å². The fourth-order valence-corrected chi connectivity index (χ4v) is 2.24. The van der Waals surface area contributed by atoms with Gasteiger partial charge in [0.25, 0.3) is 5.91 Å². The summed E-state index contributed by atoms with van der Waals surface area (Å²) >= 11 is 2.05. The van der Waals surface area contributed by atoms with Crippen molar-refractivity contribution in [1.82, 2.24) is 9.78 Å². The molecule has 0 saturated carbocycles. The second kappa shape index (κ2) is 5.18. The molecule has 0 spiro atoms. The van der Waals surface area contributed by atoms with E-state index in [1.165, 1.54) is 0 Å². The standard InChI is InChI=1S/C12H9IN4O/c1-17-7-9(13)11(16-17)12(18)15-10-5-3-2-4-8(10)6-14/h2-5,7H,1H3,(H,15,18). The first-order chi connectivity index (χ1) is 8.61. The number of hydrogen-bond donors (Lipinski definition) is 1. The normalized spacial score (nSPS) is 9.83. The van der Waals surface area contributed by atoms with E-state index in [-0.39, 0.29) is 5.91 Å². The van der Waals surface area contributed by atoms with Gasteiger partial charge >= 0.3 is 0 Å². The molecule has 0 fully saturated rings. The predicted octanol–water partition coefficient (Wildman–Crippen LogP) is 2.15. The smallest absolute Gasteiger partial charge is 0.277 e. The number of aromatic nitrogens is 2. The van der Waals surface area contributed by atoms with Crippen LogP contribution in [0.3, 0.4) is 0 Å². The molecular weight excluding hydrogens is 343 g/mol. The molecule has 0 radical (unpaired) electrons. The minimum Gasteiger partial charge on any atom is -0.319 e. The van der Waals surface area contributed by atoms with Crippen LogP contribution in [0.2, 0.25) is 0 Å². The zero-order valence-electron chi connectivity index (χ0n) is 9.51. The number of amides is 1. The van der Waals surface area contributed by atoms with E-state index >= 15 is 0 Å². The minimum atomic E-state index is -0.317. The van der Waals surface area contributed by atoms with Gasteiger partial charge < -0.3 is 5.32 Å². The quantitative estimate of drug-likeness (QED) is 0.842. The highest BCUT2D eigenvalue weighted by atomic mass is 127. The largest absolute Gasteiger partial charge is 0.319 e. The molecule has 0 aliphatic heterocycles. The fraction of sp³-hybridized carbons (Fsp3) is 0.0833. The molecule has 5 nitrogen and oxygen atoms in total. The number of benzene rings is 1. The first-order valence-corrected chi connectivity index (χ1v) is 6.19. The van der Waals surface area contributed by atoms with E-state index in [9.17, 15) is 4.79 Å². The van der Waals surface area contributed by atoms with Gasteiger partial charge in [0.2, 0.25) is 0 Å². The summed E-state index contributed by atoms with van der Waals surface area (Å²) < 4.78 is 2.34. The number of hydrogen-bond acceptors (Lipinski definition) is 3. The number of carbonyl (C=O) groups excluding carboxylic acids is 1. The zero-order valence-corrected chi connectivity index (χ0v) is 11.7. The van der Waals surface area contributed by atoms with Crippen molar-refractivity contribution < 1.29 is 4.79 Å². The highest BCUT2D eigenvalue weighted by molar-refractivity contribution is 14.1. The molecule has 1 N–H and O–H groups in total. The van der Waals surface area contributed by atoms with Gasteiger partial charge in [-0.05, 0) is 34.7 Å². The summed E-state index contributed by atoms with van der Waals surface area (Å²) in [6, 6.07) is 8.88. The summed E-state index contributed by atoms with van der Waals surface area (Å²) in [5.74, 6) is -0.317. The van der Waals surface area contributed by atoms with Crippen molar-refractivity contribution in [2.24, 2.45) is 7.05 Å². The van der Waals surface area contributed by atoms with Crippen LogP contribution in [0.1, 0.15) is 16.1 Å². The van der Waals surface area contributed by atoms with Gasteiger partial charge in [-0.15, -0.1) is 0 Å². The molecule has 0 bridgehead atoms. The van der Waals surface area contributed by atoms with Crippen LogP contribution < -0.4 is 5.32 Å². The van der Waals surface area contributed by atoms with E-state index in [1.807, 2.05) is 28.7 Å². The molecule has 0 unspecified atom stereocenters. The number of rotatable bonds is 2. The first kappa shape index (κ1) is 12.6.